The summed E-state index contributed by atoms with van der Waals surface area (Å²) in [6.45, 7) is 1.54. The van der Waals surface area contributed by atoms with Crippen LogP contribution in [0, 0.1) is 6.92 Å². The van der Waals surface area contributed by atoms with Crippen molar-refractivity contribution in [2.45, 2.75) is 19.9 Å². The number of pyridine rings is 1. The maximum Gasteiger partial charge on any atom is 0.264 e. The highest BCUT2D eigenvalue weighted by atomic mass is 35.5. The first-order valence-corrected chi connectivity index (χ1v) is 4.07. The molecule has 1 aromatic rings. The lowest BCUT2D eigenvalue weighted by molar-refractivity contribution is 0.149. The summed E-state index contributed by atoms with van der Waals surface area (Å²) in [6.07, 6.45) is -1.23. The summed E-state index contributed by atoms with van der Waals surface area (Å²) in [5.41, 5.74) is 5.86. The van der Waals surface area contributed by atoms with Crippen molar-refractivity contribution in [3.8, 4) is 0 Å². The summed E-state index contributed by atoms with van der Waals surface area (Å²) < 4.78 is 25.0. The van der Waals surface area contributed by atoms with E-state index in [9.17, 15) is 8.78 Å². The molecule has 13 heavy (non-hydrogen) atoms. The van der Waals surface area contributed by atoms with E-state index in [4.69, 9.17) is 17.3 Å². The number of hydrogen-bond donors (Lipinski definition) is 1. The van der Waals surface area contributed by atoms with Gasteiger partial charge in [0, 0.05) is 23.9 Å². The molecule has 1 aromatic heterocycles. The zero-order valence-electron chi connectivity index (χ0n) is 7.02. The Balaban J connectivity index is 3.35. The van der Waals surface area contributed by atoms with E-state index in [0.717, 1.165) is 0 Å². The highest BCUT2D eigenvalue weighted by Gasteiger charge is 2.17. The van der Waals surface area contributed by atoms with Gasteiger partial charge in [-0.05, 0) is 12.5 Å². The molecule has 0 spiro atoms. The molecule has 0 atom stereocenters. The van der Waals surface area contributed by atoms with Crippen LogP contribution in [0.5, 0.6) is 0 Å². The van der Waals surface area contributed by atoms with Crippen molar-refractivity contribution in [3.05, 3.63) is 28.0 Å². The van der Waals surface area contributed by atoms with E-state index in [-0.39, 0.29) is 22.8 Å². The highest BCUT2D eigenvalue weighted by molar-refractivity contribution is 6.30. The molecule has 0 aliphatic rings. The van der Waals surface area contributed by atoms with Gasteiger partial charge in [0.2, 0.25) is 0 Å². The molecule has 1 rings (SSSR count). The van der Waals surface area contributed by atoms with Crippen molar-refractivity contribution >= 4 is 11.6 Å². The van der Waals surface area contributed by atoms with Crippen molar-refractivity contribution < 1.29 is 8.78 Å². The summed E-state index contributed by atoms with van der Waals surface area (Å²) in [6, 6.07) is 0. The van der Waals surface area contributed by atoms with Crippen LogP contribution in [0.25, 0.3) is 0 Å². The van der Waals surface area contributed by atoms with Crippen molar-refractivity contribution in [3.63, 3.8) is 0 Å². The molecule has 0 fully saturated rings. The number of aryl methyl sites for hydroxylation is 1. The average molecular weight is 207 g/mol. The Morgan fingerprint density at radius 3 is 2.62 bits per heavy atom. The van der Waals surface area contributed by atoms with Crippen LogP contribution < -0.4 is 5.73 Å². The van der Waals surface area contributed by atoms with Crippen LogP contribution in [0.1, 0.15) is 23.1 Å². The molecule has 0 amide bonds. The van der Waals surface area contributed by atoms with Crippen molar-refractivity contribution in [2.24, 2.45) is 5.73 Å². The van der Waals surface area contributed by atoms with Gasteiger partial charge in [0.25, 0.3) is 6.43 Å². The van der Waals surface area contributed by atoms with Crippen LogP contribution in [0.15, 0.2) is 6.20 Å². The molecule has 2 N–H and O–H groups in total. The van der Waals surface area contributed by atoms with Gasteiger partial charge < -0.3 is 5.73 Å². The number of alkyl halides is 2. The second-order valence-electron chi connectivity index (χ2n) is 2.63. The maximum atomic E-state index is 12.5. The van der Waals surface area contributed by atoms with Crippen LogP contribution in [-0.4, -0.2) is 4.98 Å². The Hall–Kier alpha value is -0.740. The Morgan fingerprint density at radius 2 is 2.23 bits per heavy atom. The average Bonchev–Trinajstić information content (AvgIpc) is 2.07. The first-order chi connectivity index (χ1) is 6.07. The zero-order valence-corrected chi connectivity index (χ0v) is 7.78. The first-order valence-electron chi connectivity index (χ1n) is 3.70. The lowest BCUT2D eigenvalue weighted by Gasteiger charge is -2.10. The highest BCUT2D eigenvalue weighted by Crippen LogP contribution is 2.29. The number of aromatic nitrogens is 1. The van der Waals surface area contributed by atoms with E-state index < -0.39 is 6.43 Å². The van der Waals surface area contributed by atoms with Crippen molar-refractivity contribution in [1.82, 2.24) is 4.98 Å². The molecule has 0 bridgehead atoms. The zero-order chi connectivity index (χ0) is 10.0. The number of halogens is 3. The van der Waals surface area contributed by atoms with Gasteiger partial charge in [-0.25, -0.2) is 13.8 Å². The molecule has 2 nitrogen and oxygen atoms in total. The molecular formula is C8H9ClF2N2. The van der Waals surface area contributed by atoms with E-state index in [1.165, 1.54) is 6.20 Å². The second kappa shape index (κ2) is 3.98. The van der Waals surface area contributed by atoms with Gasteiger partial charge >= 0.3 is 0 Å². The second-order valence-corrected chi connectivity index (χ2v) is 2.99. The van der Waals surface area contributed by atoms with Gasteiger partial charge in [-0.2, -0.15) is 0 Å². The minimum Gasteiger partial charge on any atom is -0.326 e. The number of rotatable bonds is 2. The van der Waals surface area contributed by atoms with Crippen LogP contribution in [-0.2, 0) is 6.54 Å². The first kappa shape index (κ1) is 10.3. The summed E-state index contributed by atoms with van der Waals surface area (Å²) >= 11 is 5.62. The fourth-order valence-corrected chi connectivity index (χ4v) is 1.38. The van der Waals surface area contributed by atoms with E-state index >= 15 is 0 Å². The molecule has 1 heterocycles. The van der Waals surface area contributed by atoms with E-state index in [1.807, 2.05) is 0 Å². The smallest absolute Gasteiger partial charge is 0.264 e. The molecule has 5 heteroatoms. The Morgan fingerprint density at radius 1 is 1.62 bits per heavy atom. The standard InChI is InChI=1S/C8H9ClF2N2/c1-4-3-13-7(9)5(2-12)6(4)8(10)11/h3,8H,2,12H2,1H3. The molecule has 0 aromatic carbocycles. The van der Waals surface area contributed by atoms with Crippen LogP contribution >= 0.6 is 11.6 Å². The maximum absolute atomic E-state index is 12.5. The Kier molecular flexibility index (Phi) is 3.17. The summed E-state index contributed by atoms with van der Waals surface area (Å²) in [5, 5.41) is 0.0587. The normalized spacial score (nSPS) is 10.9. The number of nitrogens with two attached hydrogens (primary N) is 1. The van der Waals surface area contributed by atoms with E-state index in [2.05, 4.69) is 4.98 Å². The van der Waals surface area contributed by atoms with Gasteiger partial charge in [-0.3, -0.25) is 0 Å². The summed E-state index contributed by atoms with van der Waals surface area (Å²) in [5.74, 6) is 0. The SMILES string of the molecule is Cc1cnc(Cl)c(CN)c1C(F)F. The third-order valence-corrected chi connectivity index (χ3v) is 2.12. The van der Waals surface area contributed by atoms with Gasteiger partial charge in [-0.15, -0.1) is 0 Å². The van der Waals surface area contributed by atoms with Crippen molar-refractivity contribution in [1.29, 1.82) is 0 Å². The number of hydrogen-bond acceptors (Lipinski definition) is 2. The third kappa shape index (κ3) is 1.95. The monoisotopic (exact) mass is 206 g/mol. The van der Waals surface area contributed by atoms with Gasteiger partial charge in [0.05, 0.1) is 0 Å². The van der Waals surface area contributed by atoms with E-state index in [0.29, 0.717) is 5.56 Å². The molecule has 72 valence electrons. The predicted octanol–water partition coefficient (Wildman–Crippen LogP) is 2.44. The fourth-order valence-electron chi connectivity index (χ4n) is 1.15. The van der Waals surface area contributed by atoms with E-state index in [1.54, 1.807) is 6.92 Å². The third-order valence-electron chi connectivity index (χ3n) is 1.79. The Labute approximate surface area is 79.7 Å². The van der Waals surface area contributed by atoms with Crippen LogP contribution in [0.2, 0.25) is 5.15 Å². The quantitative estimate of drug-likeness (QED) is 0.755. The minimum absolute atomic E-state index is 0.0206. The van der Waals surface area contributed by atoms with Gasteiger partial charge in [0.1, 0.15) is 5.15 Å². The molecule has 0 aliphatic carbocycles. The van der Waals surface area contributed by atoms with Crippen LogP contribution in [0.4, 0.5) is 8.78 Å². The van der Waals surface area contributed by atoms with Crippen molar-refractivity contribution in [2.75, 3.05) is 0 Å². The lowest BCUT2D eigenvalue weighted by Crippen LogP contribution is -2.06. The number of nitrogens with zero attached hydrogens (tertiary/aromatic N) is 1. The minimum atomic E-state index is -2.56. The molecule has 0 unspecified atom stereocenters. The largest absolute Gasteiger partial charge is 0.326 e. The molecular weight excluding hydrogens is 198 g/mol. The molecule has 0 saturated carbocycles. The molecule has 0 aliphatic heterocycles. The van der Waals surface area contributed by atoms with Gasteiger partial charge in [0.15, 0.2) is 0 Å². The molecule has 0 saturated heterocycles. The molecule has 0 radical (unpaired) electrons. The van der Waals surface area contributed by atoms with Gasteiger partial charge in [-0.1, -0.05) is 11.6 Å². The Bertz CT molecular complexity index is 315. The van der Waals surface area contributed by atoms with Crippen LogP contribution in [0.3, 0.4) is 0 Å². The summed E-state index contributed by atoms with van der Waals surface area (Å²) in [4.78, 5) is 3.74. The fraction of sp³-hybridized carbons (Fsp3) is 0.375. The summed E-state index contributed by atoms with van der Waals surface area (Å²) in [7, 11) is 0. The lowest BCUT2D eigenvalue weighted by atomic mass is 10.1. The topological polar surface area (TPSA) is 38.9 Å². The predicted molar refractivity (Wildman–Crippen MR) is 46.8 cm³/mol.